The second-order valence-corrected chi connectivity index (χ2v) is 8.57. The molecule has 0 aromatic heterocycles. The average Bonchev–Trinajstić information content (AvgIpc) is 2.69. The van der Waals surface area contributed by atoms with Crippen molar-refractivity contribution < 1.29 is 31.3 Å². The van der Waals surface area contributed by atoms with Crippen LogP contribution >= 0.6 is 0 Å². The zero-order chi connectivity index (χ0) is 19.9. The van der Waals surface area contributed by atoms with Crippen LogP contribution < -0.4 is 5.32 Å². The molecule has 1 fully saturated rings. The number of anilines is 1. The summed E-state index contributed by atoms with van der Waals surface area (Å²) < 4.78 is 49.3. The first-order valence-corrected chi connectivity index (χ1v) is 9.13. The van der Waals surface area contributed by atoms with Crippen molar-refractivity contribution >= 4 is 28.0 Å². The summed E-state index contributed by atoms with van der Waals surface area (Å²) in [4.78, 5) is 23.7. The lowest BCUT2D eigenvalue weighted by atomic mass is 9.92. The fourth-order valence-corrected chi connectivity index (χ4v) is 3.90. The molecule has 1 atom stereocenters. The van der Waals surface area contributed by atoms with E-state index >= 15 is 0 Å². The molecule has 1 N–H and O–H groups in total. The molecule has 26 heavy (non-hydrogen) atoms. The van der Waals surface area contributed by atoms with Gasteiger partial charge in [0, 0.05) is 18.2 Å². The van der Waals surface area contributed by atoms with E-state index in [0.717, 1.165) is 6.07 Å². The summed E-state index contributed by atoms with van der Waals surface area (Å²) in [6.45, 7) is 6.85. The third-order valence-electron chi connectivity index (χ3n) is 3.59. The zero-order valence-corrected chi connectivity index (χ0v) is 15.9. The number of carbonyl (C=O) groups is 2. The second-order valence-electron chi connectivity index (χ2n) is 7.11. The highest BCUT2D eigenvalue weighted by Crippen LogP contribution is 2.40. The van der Waals surface area contributed by atoms with Crippen LogP contribution in [-0.2, 0) is 29.6 Å². The highest BCUT2D eigenvalue weighted by Gasteiger charge is 2.54. The van der Waals surface area contributed by atoms with E-state index in [9.17, 15) is 22.4 Å². The Hall–Kier alpha value is -2.20. The fourth-order valence-electron chi connectivity index (χ4n) is 2.55. The van der Waals surface area contributed by atoms with Crippen molar-refractivity contribution in [3.63, 3.8) is 0 Å². The molecule has 0 saturated carbocycles. The molecule has 8 nitrogen and oxygen atoms in total. The van der Waals surface area contributed by atoms with E-state index in [1.54, 1.807) is 20.8 Å². The van der Waals surface area contributed by atoms with E-state index in [-0.39, 0.29) is 17.2 Å². The molecule has 2 rings (SSSR count). The molecule has 0 spiro atoms. The van der Waals surface area contributed by atoms with Crippen LogP contribution in [0.5, 0.6) is 0 Å². The topological polar surface area (TPSA) is 102 Å². The summed E-state index contributed by atoms with van der Waals surface area (Å²) in [7, 11) is -4.46. The Morgan fingerprint density at radius 3 is 2.50 bits per heavy atom. The van der Waals surface area contributed by atoms with Crippen molar-refractivity contribution in [1.29, 1.82) is 0 Å². The van der Waals surface area contributed by atoms with E-state index < -0.39 is 40.0 Å². The standard InChI is InChI=1S/C16H21FN2O6S/c1-10(20)18-11-6-7-13(17)12(8-11)16(5)9-24-26(22,23)19(16)14(21)25-15(2,3)4/h6-8H,9H2,1-5H3,(H,18,20). The zero-order valence-electron chi connectivity index (χ0n) is 15.1. The largest absolute Gasteiger partial charge is 0.443 e. The van der Waals surface area contributed by atoms with Crippen LogP contribution in [0.2, 0.25) is 0 Å². The van der Waals surface area contributed by atoms with Crippen molar-refractivity contribution in [3.8, 4) is 0 Å². The highest BCUT2D eigenvalue weighted by atomic mass is 32.2. The molecule has 2 amide bonds. The van der Waals surface area contributed by atoms with Crippen molar-refractivity contribution in [3.05, 3.63) is 29.6 Å². The number of halogens is 1. The molecule has 0 bridgehead atoms. The Morgan fingerprint density at radius 2 is 1.96 bits per heavy atom. The summed E-state index contributed by atoms with van der Waals surface area (Å²) in [6, 6.07) is 3.66. The van der Waals surface area contributed by atoms with Crippen LogP contribution in [0.3, 0.4) is 0 Å². The third-order valence-corrected chi connectivity index (χ3v) is 5.00. The van der Waals surface area contributed by atoms with E-state index in [4.69, 9.17) is 8.92 Å². The lowest BCUT2D eigenvalue weighted by Crippen LogP contribution is -2.48. The Bertz CT molecular complexity index is 849. The van der Waals surface area contributed by atoms with Gasteiger partial charge < -0.3 is 10.1 Å². The normalized spacial score (nSPS) is 22.2. The van der Waals surface area contributed by atoms with Crippen LogP contribution in [0.15, 0.2) is 18.2 Å². The van der Waals surface area contributed by atoms with Crippen molar-refractivity contribution in [2.75, 3.05) is 11.9 Å². The van der Waals surface area contributed by atoms with E-state index in [1.165, 1.54) is 26.0 Å². The number of carbonyl (C=O) groups excluding carboxylic acids is 2. The van der Waals surface area contributed by atoms with Gasteiger partial charge in [-0.1, -0.05) is 0 Å². The van der Waals surface area contributed by atoms with E-state index in [0.29, 0.717) is 4.31 Å². The maximum absolute atomic E-state index is 14.5. The molecule has 1 unspecified atom stereocenters. The van der Waals surface area contributed by atoms with Gasteiger partial charge in [-0.15, -0.1) is 0 Å². The second kappa shape index (κ2) is 6.51. The van der Waals surface area contributed by atoms with Gasteiger partial charge in [-0.2, -0.15) is 12.7 Å². The SMILES string of the molecule is CC(=O)Nc1ccc(F)c(C2(C)COS(=O)(=O)N2C(=O)OC(C)(C)C)c1. The first-order valence-electron chi connectivity index (χ1n) is 7.77. The van der Waals surface area contributed by atoms with E-state index in [2.05, 4.69) is 5.32 Å². The van der Waals surface area contributed by atoms with E-state index in [1.807, 2.05) is 0 Å². The van der Waals surface area contributed by atoms with Gasteiger partial charge in [0.05, 0.1) is 6.61 Å². The maximum Gasteiger partial charge on any atom is 0.426 e. The lowest BCUT2D eigenvalue weighted by molar-refractivity contribution is -0.114. The predicted molar refractivity (Wildman–Crippen MR) is 91.0 cm³/mol. The first-order chi connectivity index (χ1) is 11.8. The number of hydrogen-bond acceptors (Lipinski definition) is 6. The average molecular weight is 388 g/mol. The highest BCUT2D eigenvalue weighted by molar-refractivity contribution is 7.85. The number of ether oxygens (including phenoxy) is 1. The molecule has 1 aromatic carbocycles. The number of rotatable bonds is 2. The van der Waals surface area contributed by atoms with Crippen LogP contribution in [0, 0.1) is 5.82 Å². The minimum atomic E-state index is -4.46. The minimum Gasteiger partial charge on any atom is -0.443 e. The number of nitrogens with one attached hydrogen (secondary N) is 1. The van der Waals surface area contributed by atoms with Crippen molar-refractivity contribution in [2.24, 2.45) is 0 Å². The Kier molecular flexibility index (Phi) is 5.04. The summed E-state index contributed by atoms with van der Waals surface area (Å²) in [5, 5.41) is 2.49. The molecule has 1 aliphatic heterocycles. The van der Waals surface area contributed by atoms with Gasteiger partial charge in [0.1, 0.15) is 17.0 Å². The van der Waals surface area contributed by atoms with Gasteiger partial charge in [0.15, 0.2) is 0 Å². The molecule has 1 aromatic rings. The molecule has 10 heteroatoms. The maximum atomic E-state index is 14.5. The monoisotopic (exact) mass is 388 g/mol. The lowest BCUT2D eigenvalue weighted by Gasteiger charge is -2.33. The van der Waals surface area contributed by atoms with Gasteiger partial charge in [-0.05, 0) is 45.9 Å². The molecular weight excluding hydrogens is 367 g/mol. The molecule has 144 valence electrons. The van der Waals surface area contributed by atoms with Gasteiger partial charge in [0.25, 0.3) is 0 Å². The van der Waals surface area contributed by atoms with Crippen LogP contribution in [0.25, 0.3) is 0 Å². The Balaban J connectivity index is 2.55. The number of benzene rings is 1. The first kappa shape index (κ1) is 20.1. The quantitative estimate of drug-likeness (QED) is 0.835. The van der Waals surface area contributed by atoms with Gasteiger partial charge >= 0.3 is 16.4 Å². The number of nitrogens with zero attached hydrogens (tertiary/aromatic N) is 1. The minimum absolute atomic E-state index is 0.129. The van der Waals surface area contributed by atoms with Gasteiger partial charge in [-0.3, -0.25) is 8.98 Å². The predicted octanol–water partition coefficient (Wildman–Crippen LogP) is 2.51. The number of hydrogen-bond donors (Lipinski definition) is 1. The summed E-state index contributed by atoms with van der Waals surface area (Å²) >= 11 is 0. The molecular formula is C16H21FN2O6S. The third kappa shape index (κ3) is 3.96. The molecule has 1 saturated heterocycles. The smallest absolute Gasteiger partial charge is 0.426 e. The van der Waals surface area contributed by atoms with Crippen LogP contribution in [-0.4, -0.2) is 36.9 Å². The summed E-state index contributed by atoms with van der Waals surface area (Å²) in [5.74, 6) is -1.14. The number of amides is 2. The van der Waals surface area contributed by atoms with Gasteiger partial charge in [0.2, 0.25) is 5.91 Å². The molecule has 1 heterocycles. The Labute approximate surface area is 151 Å². The molecule has 1 aliphatic rings. The van der Waals surface area contributed by atoms with Crippen molar-refractivity contribution in [1.82, 2.24) is 4.31 Å². The van der Waals surface area contributed by atoms with Gasteiger partial charge in [-0.25, -0.2) is 9.18 Å². The molecule has 0 radical (unpaired) electrons. The fraction of sp³-hybridized carbons (Fsp3) is 0.500. The van der Waals surface area contributed by atoms with Crippen LogP contribution in [0.1, 0.15) is 40.2 Å². The van der Waals surface area contributed by atoms with Crippen molar-refractivity contribution in [2.45, 2.75) is 45.8 Å². The summed E-state index contributed by atoms with van der Waals surface area (Å²) in [5.41, 5.74) is -2.52. The molecule has 0 aliphatic carbocycles. The summed E-state index contributed by atoms with van der Waals surface area (Å²) in [6.07, 6.45) is -1.18. The van der Waals surface area contributed by atoms with Crippen LogP contribution in [0.4, 0.5) is 14.9 Å². The Morgan fingerprint density at radius 1 is 1.35 bits per heavy atom.